The standard InChI is InChI=1S/C19H26ClN3O2/c1-5-8-15(18(24)25)21-11-13-12-23(22-17(13)19(2,3)4)16-10-7-6-9-14(16)20/h6-7,9-10,12,15,21H,5,8,11H2,1-4H3,(H,24,25). The Morgan fingerprint density at radius 2 is 2.04 bits per heavy atom. The molecule has 1 aromatic carbocycles. The van der Waals surface area contributed by atoms with Gasteiger partial charge in [-0.2, -0.15) is 5.10 Å². The highest BCUT2D eigenvalue weighted by atomic mass is 35.5. The molecule has 2 N–H and O–H groups in total. The highest BCUT2D eigenvalue weighted by molar-refractivity contribution is 6.32. The van der Waals surface area contributed by atoms with Gasteiger partial charge in [-0.15, -0.1) is 0 Å². The lowest BCUT2D eigenvalue weighted by atomic mass is 9.89. The van der Waals surface area contributed by atoms with Gasteiger partial charge in [-0.05, 0) is 18.6 Å². The van der Waals surface area contributed by atoms with Crippen molar-refractivity contribution >= 4 is 17.6 Å². The van der Waals surface area contributed by atoms with Crippen LogP contribution in [0, 0.1) is 0 Å². The van der Waals surface area contributed by atoms with Crippen molar-refractivity contribution in [1.29, 1.82) is 0 Å². The zero-order chi connectivity index (χ0) is 18.6. The summed E-state index contributed by atoms with van der Waals surface area (Å²) in [6.45, 7) is 8.71. The van der Waals surface area contributed by atoms with Crippen LogP contribution >= 0.6 is 11.6 Å². The first-order chi connectivity index (χ1) is 11.7. The number of benzene rings is 1. The lowest BCUT2D eigenvalue weighted by molar-refractivity contribution is -0.139. The predicted molar refractivity (Wildman–Crippen MR) is 100 cm³/mol. The Labute approximate surface area is 154 Å². The molecule has 1 atom stereocenters. The monoisotopic (exact) mass is 363 g/mol. The number of carbonyl (C=O) groups is 1. The maximum absolute atomic E-state index is 11.4. The van der Waals surface area contributed by atoms with Crippen LogP contribution in [0.3, 0.4) is 0 Å². The maximum atomic E-state index is 11.4. The first-order valence-electron chi connectivity index (χ1n) is 8.54. The number of hydrogen-bond acceptors (Lipinski definition) is 3. The van der Waals surface area contributed by atoms with Gasteiger partial charge in [0.2, 0.25) is 0 Å². The van der Waals surface area contributed by atoms with E-state index in [0.29, 0.717) is 18.0 Å². The Balaban J connectivity index is 2.33. The van der Waals surface area contributed by atoms with E-state index in [1.54, 1.807) is 4.68 Å². The summed E-state index contributed by atoms with van der Waals surface area (Å²) >= 11 is 6.29. The van der Waals surface area contributed by atoms with E-state index >= 15 is 0 Å². The molecule has 6 heteroatoms. The zero-order valence-corrected chi connectivity index (χ0v) is 16.0. The van der Waals surface area contributed by atoms with Gasteiger partial charge in [0.1, 0.15) is 6.04 Å². The zero-order valence-electron chi connectivity index (χ0n) is 15.2. The SMILES string of the molecule is CCCC(NCc1cn(-c2ccccc2Cl)nc1C(C)(C)C)C(=O)O. The number of hydrogen-bond donors (Lipinski definition) is 2. The third-order valence-corrected chi connectivity index (χ3v) is 4.33. The normalized spacial score (nSPS) is 13.0. The molecule has 0 radical (unpaired) electrons. The minimum atomic E-state index is -0.822. The molecule has 1 aromatic heterocycles. The molecule has 136 valence electrons. The molecule has 2 aromatic rings. The number of nitrogens with zero attached hydrogens (tertiary/aromatic N) is 2. The molecule has 25 heavy (non-hydrogen) atoms. The van der Waals surface area contributed by atoms with E-state index in [2.05, 4.69) is 26.1 Å². The Kier molecular flexibility index (Phi) is 6.25. The Morgan fingerprint density at radius 3 is 2.60 bits per heavy atom. The highest BCUT2D eigenvalue weighted by Crippen LogP contribution is 2.27. The summed E-state index contributed by atoms with van der Waals surface area (Å²) < 4.78 is 1.77. The van der Waals surface area contributed by atoms with Crippen LogP contribution in [-0.4, -0.2) is 26.9 Å². The van der Waals surface area contributed by atoms with Crippen molar-refractivity contribution in [3.8, 4) is 5.69 Å². The number of carboxylic acid groups (broad SMARTS) is 1. The first-order valence-corrected chi connectivity index (χ1v) is 8.92. The summed E-state index contributed by atoms with van der Waals surface area (Å²) in [6.07, 6.45) is 3.34. The molecule has 0 saturated carbocycles. The van der Waals surface area contributed by atoms with Crippen LogP contribution < -0.4 is 5.32 Å². The van der Waals surface area contributed by atoms with Crippen molar-refractivity contribution in [3.63, 3.8) is 0 Å². The van der Waals surface area contributed by atoms with Gasteiger partial charge in [0, 0.05) is 23.7 Å². The molecule has 1 heterocycles. The topological polar surface area (TPSA) is 67.2 Å². The number of halogens is 1. The van der Waals surface area contributed by atoms with Gasteiger partial charge in [0.25, 0.3) is 0 Å². The van der Waals surface area contributed by atoms with E-state index < -0.39 is 12.0 Å². The summed E-state index contributed by atoms with van der Waals surface area (Å²) in [5.41, 5.74) is 2.56. The van der Waals surface area contributed by atoms with Crippen LogP contribution in [0.2, 0.25) is 5.02 Å². The molecule has 5 nitrogen and oxygen atoms in total. The van der Waals surface area contributed by atoms with E-state index in [0.717, 1.165) is 23.4 Å². The average molecular weight is 364 g/mol. The molecule has 0 fully saturated rings. The number of aromatic nitrogens is 2. The molecule has 0 aliphatic heterocycles. The van der Waals surface area contributed by atoms with Gasteiger partial charge in [0.05, 0.1) is 16.4 Å². The van der Waals surface area contributed by atoms with Crippen molar-refractivity contribution in [2.24, 2.45) is 0 Å². The Morgan fingerprint density at radius 1 is 1.36 bits per heavy atom. The van der Waals surface area contributed by atoms with Crippen LogP contribution in [0.5, 0.6) is 0 Å². The molecule has 1 unspecified atom stereocenters. The molecule has 0 spiro atoms. The van der Waals surface area contributed by atoms with Gasteiger partial charge in [-0.25, -0.2) is 4.68 Å². The van der Waals surface area contributed by atoms with E-state index in [1.165, 1.54) is 0 Å². The second-order valence-electron chi connectivity index (χ2n) is 7.21. The van der Waals surface area contributed by atoms with Crippen molar-refractivity contribution < 1.29 is 9.90 Å². The minimum absolute atomic E-state index is 0.160. The first kappa shape index (κ1) is 19.5. The fraction of sp³-hybridized carbons (Fsp3) is 0.474. The third kappa shape index (κ3) is 4.83. The molecular formula is C19H26ClN3O2. The molecule has 0 aliphatic carbocycles. The summed E-state index contributed by atoms with van der Waals surface area (Å²) in [4.78, 5) is 11.4. The molecule has 0 amide bonds. The number of nitrogens with one attached hydrogen (secondary N) is 1. The second kappa shape index (κ2) is 8.02. The average Bonchev–Trinajstić information content (AvgIpc) is 2.96. The number of para-hydroxylation sites is 1. The summed E-state index contributed by atoms with van der Waals surface area (Å²) in [6, 6.07) is 6.98. The minimum Gasteiger partial charge on any atom is -0.480 e. The van der Waals surface area contributed by atoms with Crippen LogP contribution in [0.1, 0.15) is 51.8 Å². The van der Waals surface area contributed by atoms with Crippen molar-refractivity contribution in [3.05, 3.63) is 46.7 Å². The highest BCUT2D eigenvalue weighted by Gasteiger charge is 2.24. The maximum Gasteiger partial charge on any atom is 0.320 e. The summed E-state index contributed by atoms with van der Waals surface area (Å²) in [5.74, 6) is -0.822. The number of rotatable bonds is 7. The van der Waals surface area contributed by atoms with Crippen molar-refractivity contribution in [1.82, 2.24) is 15.1 Å². The smallest absolute Gasteiger partial charge is 0.320 e. The molecule has 2 rings (SSSR count). The van der Waals surface area contributed by atoms with Gasteiger partial charge < -0.3 is 10.4 Å². The largest absolute Gasteiger partial charge is 0.480 e. The molecule has 0 bridgehead atoms. The van der Waals surface area contributed by atoms with Crippen LogP contribution in [-0.2, 0) is 16.8 Å². The predicted octanol–water partition coefficient (Wildman–Crippen LogP) is 4.17. The fourth-order valence-electron chi connectivity index (χ4n) is 2.77. The second-order valence-corrected chi connectivity index (χ2v) is 7.62. The quantitative estimate of drug-likeness (QED) is 0.774. The van der Waals surface area contributed by atoms with Gasteiger partial charge >= 0.3 is 5.97 Å². The lowest BCUT2D eigenvalue weighted by Gasteiger charge is -2.19. The fourth-order valence-corrected chi connectivity index (χ4v) is 2.99. The van der Waals surface area contributed by atoms with Crippen LogP contribution in [0.4, 0.5) is 0 Å². The Bertz CT molecular complexity index is 735. The van der Waals surface area contributed by atoms with Crippen LogP contribution in [0.25, 0.3) is 5.69 Å². The van der Waals surface area contributed by atoms with Gasteiger partial charge in [-0.3, -0.25) is 4.79 Å². The van der Waals surface area contributed by atoms with E-state index in [-0.39, 0.29) is 5.41 Å². The summed E-state index contributed by atoms with van der Waals surface area (Å²) in [5, 5.41) is 17.8. The third-order valence-electron chi connectivity index (χ3n) is 4.01. The molecule has 0 aliphatic rings. The molecular weight excluding hydrogens is 338 g/mol. The van der Waals surface area contributed by atoms with Crippen LogP contribution in [0.15, 0.2) is 30.5 Å². The lowest BCUT2D eigenvalue weighted by Crippen LogP contribution is -2.36. The van der Waals surface area contributed by atoms with E-state index in [1.807, 2.05) is 37.4 Å². The molecule has 0 saturated heterocycles. The van der Waals surface area contributed by atoms with Crippen molar-refractivity contribution in [2.45, 2.75) is 58.5 Å². The van der Waals surface area contributed by atoms with Crippen molar-refractivity contribution in [2.75, 3.05) is 0 Å². The Hall–Kier alpha value is -1.85. The summed E-state index contributed by atoms with van der Waals surface area (Å²) in [7, 11) is 0. The van der Waals surface area contributed by atoms with Gasteiger partial charge in [-0.1, -0.05) is 57.8 Å². The van der Waals surface area contributed by atoms with Gasteiger partial charge in [0.15, 0.2) is 0 Å². The van der Waals surface area contributed by atoms with E-state index in [4.69, 9.17) is 16.7 Å². The number of carboxylic acids is 1. The number of aliphatic carboxylic acids is 1. The van der Waals surface area contributed by atoms with E-state index in [9.17, 15) is 9.90 Å².